The van der Waals surface area contributed by atoms with E-state index >= 15 is 0 Å². The molecule has 0 aliphatic rings. The Kier molecular flexibility index (Phi) is 2.14. The molecule has 0 aliphatic carbocycles. The second kappa shape index (κ2) is 2.48. The van der Waals surface area contributed by atoms with Gasteiger partial charge < -0.3 is 5.21 Å². The molecule has 0 atom stereocenters. The topological polar surface area (TPSA) is 66.9 Å². The number of hydrogen-bond donors (Lipinski definition) is 0. The first-order valence-corrected chi connectivity index (χ1v) is 2.65. The minimum Gasteiger partial charge on any atom is -0.617 e. The van der Waals surface area contributed by atoms with Crippen LogP contribution in [0.25, 0.3) is 0 Å². The third kappa shape index (κ3) is 1.55. The standard InChI is InChI=1S/C6H8N2O2/c1-6(2,4-7)5(9)8(3)10/h3H2,1-2H3. The molecule has 0 bridgehead atoms. The molecule has 0 rings (SSSR count). The average Bonchev–Trinajstić information content (AvgIpc) is 1.86. The van der Waals surface area contributed by atoms with Gasteiger partial charge in [0.25, 0.3) is 0 Å². The van der Waals surface area contributed by atoms with Crippen LogP contribution in [0.15, 0.2) is 0 Å². The van der Waals surface area contributed by atoms with Crippen LogP contribution in [0.1, 0.15) is 13.8 Å². The third-order valence-electron chi connectivity index (χ3n) is 1.04. The fraction of sp³-hybridized carbons (Fsp3) is 0.500. The highest BCUT2D eigenvalue weighted by atomic mass is 16.5. The first-order valence-electron chi connectivity index (χ1n) is 2.65. The Morgan fingerprint density at radius 3 is 2.30 bits per heavy atom. The van der Waals surface area contributed by atoms with Crippen molar-refractivity contribution in [3.05, 3.63) is 5.21 Å². The summed E-state index contributed by atoms with van der Waals surface area (Å²) >= 11 is 0. The van der Waals surface area contributed by atoms with Crippen molar-refractivity contribution in [3.8, 4) is 6.07 Å². The highest BCUT2D eigenvalue weighted by molar-refractivity contribution is 5.78. The number of nitrogens with zero attached hydrogens (tertiary/aromatic N) is 2. The van der Waals surface area contributed by atoms with E-state index in [0.29, 0.717) is 0 Å². The zero-order valence-electron chi connectivity index (χ0n) is 5.92. The highest BCUT2D eigenvalue weighted by Crippen LogP contribution is 2.13. The van der Waals surface area contributed by atoms with E-state index in [-0.39, 0.29) is 4.74 Å². The Labute approximate surface area is 59.0 Å². The van der Waals surface area contributed by atoms with E-state index in [1.54, 1.807) is 6.07 Å². The van der Waals surface area contributed by atoms with Crippen molar-refractivity contribution in [2.45, 2.75) is 13.8 Å². The van der Waals surface area contributed by atoms with E-state index in [4.69, 9.17) is 5.26 Å². The predicted octanol–water partition coefficient (Wildman–Crippen LogP) is 0.274. The van der Waals surface area contributed by atoms with Crippen LogP contribution in [0.5, 0.6) is 0 Å². The van der Waals surface area contributed by atoms with Gasteiger partial charge in [-0.2, -0.15) is 5.26 Å². The van der Waals surface area contributed by atoms with Gasteiger partial charge in [-0.05, 0) is 13.8 Å². The van der Waals surface area contributed by atoms with Crippen molar-refractivity contribution in [1.82, 2.24) is 0 Å². The van der Waals surface area contributed by atoms with Gasteiger partial charge in [-0.15, -0.1) is 4.74 Å². The fourth-order valence-electron chi connectivity index (χ4n) is 0.360. The van der Waals surface area contributed by atoms with Crippen LogP contribution in [0.2, 0.25) is 0 Å². The molecule has 0 spiro atoms. The Hall–Kier alpha value is -1.37. The molecule has 4 heteroatoms. The van der Waals surface area contributed by atoms with Crippen molar-refractivity contribution in [1.29, 1.82) is 5.26 Å². The average molecular weight is 140 g/mol. The normalized spacial score (nSPS) is 10.1. The highest BCUT2D eigenvalue weighted by Gasteiger charge is 2.34. The van der Waals surface area contributed by atoms with Crippen LogP contribution in [-0.2, 0) is 4.79 Å². The number of carbonyl (C=O) groups is 1. The van der Waals surface area contributed by atoms with Gasteiger partial charge in [-0.3, -0.25) is 0 Å². The molecule has 0 saturated heterocycles. The molecule has 0 fully saturated rings. The van der Waals surface area contributed by atoms with Gasteiger partial charge in [0.15, 0.2) is 5.41 Å². The molecule has 0 aromatic rings. The summed E-state index contributed by atoms with van der Waals surface area (Å²) in [5, 5.41) is 18.6. The van der Waals surface area contributed by atoms with Crippen LogP contribution >= 0.6 is 0 Å². The van der Waals surface area contributed by atoms with Gasteiger partial charge in [-0.25, -0.2) is 4.79 Å². The molecule has 0 heterocycles. The SMILES string of the molecule is C=[N+]([O-])C(=O)C(C)(C)C#N. The van der Waals surface area contributed by atoms with Gasteiger partial charge in [-0.1, -0.05) is 0 Å². The number of hydroxylamine groups is 1. The summed E-state index contributed by atoms with van der Waals surface area (Å²) in [6.45, 7) is 5.56. The molecule has 0 saturated carbocycles. The summed E-state index contributed by atoms with van der Waals surface area (Å²) in [5.41, 5.74) is -1.26. The Bertz CT molecular complexity index is 212. The summed E-state index contributed by atoms with van der Waals surface area (Å²) in [6.07, 6.45) is 0. The largest absolute Gasteiger partial charge is 0.617 e. The van der Waals surface area contributed by atoms with E-state index in [9.17, 15) is 10.0 Å². The van der Waals surface area contributed by atoms with Gasteiger partial charge in [0.1, 0.15) is 6.72 Å². The number of amides is 1. The second-order valence-electron chi connectivity index (χ2n) is 2.42. The fourth-order valence-corrected chi connectivity index (χ4v) is 0.360. The number of rotatable bonds is 1. The maximum Gasteiger partial charge on any atom is 0.417 e. The summed E-state index contributed by atoms with van der Waals surface area (Å²) in [6, 6.07) is 1.69. The molecule has 0 aromatic heterocycles. The van der Waals surface area contributed by atoms with Gasteiger partial charge in [0, 0.05) is 0 Å². The molecule has 1 amide bonds. The summed E-state index contributed by atoms with van der Waals surface area (Å²) in [4.78, 5) is 10.7. The Balaban J connectivity index is 4.54. The maximum absolute atomic E-state index is 10.7. The molecule has 0 aliphatic heterocycles. The van der Waals surface area contributed by atoms with Crippen LogP contribution in [0.4, 0.5) is 0 Å². The Morgan fingerprint density at radius 2 is 2.20 bits per heavy atom. The molecule has 0 radical (unpaired) electrons. The zero-order chi connectivity index (χ0) is 8.36. The van der Waals surface area contributed by atoms with Crippen LogP contribution in [-0.4, -0.2) is 17.4 Å². The summed E-state index contributed by atoms with van der Waals surface area (Å²) in [5.74, 6) is -0.824. The van der Waals surface area contributed by atoms with Crippen molar-refractivity contribution in [2.75, 3.05) is 0 Å². The Morgan fingerprint density at radius 1 is 1.80 bits per heavy atom. The molecular formula is C6H8N2O2. The molecule has 4 nitrogen and oxygen atoms in total. The zero-order valence-corrected chi connectivity index (χ0v) is 5.92. The smallest absolute Gasteiger partial charge is 0.417 e. The lowest BCUT2D eigenvalue weighted by molar-refractivity contribution is -0.381. The number of hydrogen-bond acceptors (Lipinski definition) is 3. The number of nitriles is 1. The first-order chi connectivity index (χ1) is 4.41. The molecule has 0 unspecified atom stereocenters. The number of carbonyl (C=O) groups excluding carboxylic acids is 1. The second-order valence-corrected chi connectivity index (χ2v) is 2.42. The predicted molar refractivity (Wildman–Crippen MR) is 35.1 cm³/mol. The molecule has 0 aromatic carbocycles. The van der Waals surface area contributed by atoms with E-state index < -0.39 is 11.3 Å². The van der Waals surface area contributed by atoms with Crippen molar-refractivity contribution >= 4 is 12.6 Å². The van der Waals surface area contributed by atoms with Crippen molar-refractivity contribution in [3.63, 3.8) is 0 Å². The summed E-state index contributed by atoms with van der Waals surface area (Å²) < 4.78 is -0.0801. The molecule has 0 N–H and O–H groups in total. The molecular weight excluding hydrogens is 132 g/mol. The minimum atomic E-state index is -1.26. The van der Waals surface area contributed by atoms with E-state index in [1.165, 1.54) is 13.8 Å². The van der Waals surface area contributed by atoms with Crippen LogP contribution < -0.4 is 0 Å². The van der Waals surface area contributed by atoms with E-state index in [2.05, 4.69) is 6.72 Å². The lowest BCUT2D eigenvalue weighted by atomic mass is 9.95. The van der Waals surface area contributed by atoms with Crippen LogP contribution in [0, 0.1) is 22.0 Å². The lowest BCUT2D eigenvalue weighted by Crippen LogP contribution is -2.29. The van der Waals surface area contributed by atoms with E-state index in [0.717, 1.165) is 0 Å². The van der Waals surface area contributed by atoms with Crippen molar-refractivity contribution in [2.24, 2.45) is 5.41 Å². The van der Waals surface area contributed by atoms with Gasteiger partial charge in [0.05, 0.1) is 6.07 Å². The molecule has 10 heavy (non-hydrogen) atoms. The monoisotopic (exact) mass is 140 g/mol. The third-order valence-corrected chi connectivity index (χ3v) is 1.04. The summed E-state index contributed by atoms with van der Waals surface area (Å²) in [7, 11) is 0. The lowest BCUT2D eigenvalue weighted by Gasteiger charge is -2.08. The van der Waals surface area contributed by atoms with Crippen molar-refractivity contribution < 1.29 is 9.53 Å². The quantitative estimate of drug-likeness (QED) is 0.227. The van der Waals surface area contributed by atoms with E-state index in [1.807, 2.05) is 0 Å². The first kappa shape index (κ1) is 8.63. The maximum atomic E-state index is 10.7. The molecule has 54 valence electrons. The van der Waals surface area contributed by atoms with Gasteiger partial charge in [0.2, 0.25) is 0 Å². The van der Waals surface area contributed by atoms with Gasteiger partial charge >= 0.3 is 5.91 Å². The minimum absolute atomic E-state index is 0.0801. The van der Waals surface area contributed by atoms with Crippen LogP contribution in [0.3, 0.4) is 0 Å².